The van der Waals surface area contributed by atoms with Gasteiger partial charge in [-0.05, 0) is 42.7 Å². The van der Waals surface area contributed by atoms with Crippen molar-refractivity contribution in [3.05, 3.63) is 60.9 Å². The molecular weight excluding hydrogens is 481 g/mol. The summed E-state index contributed by atoms with van der Waals surface area (Å²) in [7, 11) is 0. The third kappa shape index (κ3) is 6.20. The van der Waals surface area contributed by atoms with E-state index in [0.29, 0.717) is 24.1 Å². The zero-order valence-electron chi connectivity index (χ0n) is 18.7. The molecule has 1 aliphatic carbocycles. The number of benzene rings is 2. The van der Waals surface area contributed by atoms with Crippen LogP contribution >= 0.6 is 0 Å². The highest BCUT2D eigenvalue weighted by Crippen LogP contribution is 2.41. The van der Waals surface area contributed by atoms with E-state index < -0.39 is 29.5 Å². The summed E-state index contributed by atoms with van der Waals surface area (Å²) in [6.45, 7) is 0.0176. The molecule has 0 bridgehead atoms. The molecule has 1 saturated carbocycles. The number of amides is 2. The van der Waals surface area contributed by atoms with Crippen LogP contribution in [-0.2, 0) is 4.79 Å². The summed E-state index contributed by atoms with van der Waals surface area (Å²) in [6, 6.07) is 11.1. The Balaban J connectivity index is 1.31. The predicted molar refractivity (Wildman–Crippen MR) is 123 cm³/mol. The normalized spacial score (nSPS) is 14.3. The Kier molecular flexibility index (Phi) is 6.95. The van der Waals surface area contributed by atoms with Gasteiger partial charge in [0.1, 0.15) is 17.8 Å². The van der Waals surface area contributed by atoms with Crippen LogP contribution in [0.2, 0.25) is 0 Å². The quantitative estimate of drug-likeness (QED) is 0.381. The summed E-state index contributed by atoms with van der Waals surface area (Å²) < 4.78 is 46.4. The van der Waals surface area contributed by atoms with Crippen LogP contribution in [0, 0.1) is 5.41 Å². The monoisotopic (exact) mass is 502 g/mol. The average Bonchev–Trinajstić information content (AvgIpc) is 2.78. The lowest BCUT2D eigenvalue weighted by Gasteiger charge is -2.36. The summed E-state index contributed by atoms with van der Waals surface area (Å²) in [6.07, 6.45) is 0.241. The molecule has 3 aromatic rings. The third-order valence-corrected chi connectivity index (χ3v) is 5.67. The molecule has 36 heavy (non-hydrogen) atoms. The molecule has 0 saturated heterocycles. The van der Waals surface area contributed by atoms with E-state index in [1.54, 1.807) is 36.7 Å². The van der Waals surface area contributed by atoms with Gasteiger partial charge < -0.3 is 25.2 Å². The molecule has 2 amide bonds. The number of carboxylic acids is 1. The van der Waals surface area contributed by atoms with E-state index in [-0.39, 0.29) is 18.3 Å². The summed E-state index contributed by atoms with van der Waals surface area (Å²) in [5.74, 6) is -1.33. The minimum absolute atomic E-state index is 0.0176. The highest BCUT2D eigenvalue weighted by molar-refractivity contribution is 6.00. The van der Waals surface area contributed by atoms with Crippen LogP contribution < -0.4 is 20.1 Å². The van der Waals surface area contributed by atoms with E-state index in [1.165, 1.54) is 12.1 Å². The van der Waals surface area contributed by atoms with Gasteiger partial charge >= 0.3 is 24.4 Å². The van der Waals surface area contributed by atoms with Gasteiger partial charge in [0.15, 0.2) is 0 Å². The minimum Gasteiger partial charge on any atom is -0.481 e. The SMILES string of the molecule is O=C(Nc1ccc(-c2cnc(OCC3(C(=O)O)CCC3)nc2)cc1)Nc1cccc(OC(F)(F)F)c1. The first-order valence-electron chi connectivity index (χ1n) is 10.8. The van der Waals surface area contributed by atoms with Gasteiger partial charge in [0.05, 0.1) is 0 Å². The predicted octanol–water partition coefficient (Wildman–Crippen LogP) is 5.32. The number of hydrogen-bond donors (Lipinski definition) is 3. The molecule has 0 spiro atoms. The number of alkyl halides is 3. The number of urea groups is 1. The number of nitrogens with one attached hydrogen (secondary N) is 2. The van der Waals surface area contributed by atoms with Crippen molar-refractivity contribution in [1.29, 1.82) is 0 Å². The first-order valence-corrected chi connectivity index (χ1v) is 10.8. The van der Waals surface area contributed by atoms with E-state index in [2.05, 4.69) is 25.3 Å². The number of ether oxygens (including phenoxy) is 2. The maximum Gasteiger partial charge on any atom is 0.573 e. The second-order valence-corrected chi connectivity index (χ2v) is 8.21. The minimum atomic E-state index is -4.83. The van der Waals surface area contributed by atoms with Gasteiger partial charge in [-0.25, -0.2) is 14.8 Å². The Morgan fingerprint density at radius 2 is 1.64 bits per heavy atom. The summed E-state index contributed by atoms with van der Waals surface area (Å²) in [5, 5.41) is 14.4. The molecular formula is C24H21F3N4O5. The maximum atomic E-state index is 12.4. The molecule has 0 radical (unpaired) electrons. The zero-order chi connectivity index (χ0) is 25.8. The number of carboxylic acid groups (broad SMARTS) is 1. The third-order valence-electron chi connectivity index (χ3n) is 5.67. The van der Waals surface area contributed by atoms with Crippen LogP contribution in [0.4, 0.5) is 29.3 Å². The first-order chi connectivity index (χ1) is 17.1. The van der Waals surface area contributed by atoms with Crippen molar-refractivity contribution in [1.82, 2.24) is 9.97 Å². The lowest BCUT2D eigenvalue weighted by molar-refractivity contribution is -0.274. The van der Waals surface area contributed by atoms with Gasteiger partial charge in [0.25, 0.3) is 0 Å². The molecule has 1 aliphatic rings. The lowest BCUT2D eigenvalue weighted by atomic mass is 9.69. The van der Waals surface area contributed by atoms with Gasteiger partial charge in [0.2, 0.25) is 0 Å². The second kappa shape index (κ2) is 10.1. The number of rotatable bonds is 8. The van der Waals surface area contributed by atoms with Gasteiger partial charge in [-0.2, -0.15) is 0 Å². The van der Waals surface area contributed by atoms with E-state index in [0.717, 1.165) is 24.1 Å². The van der Waals surface area contributed by atoms with Crippen molar-refractivity contribution >= 4 is 23.4 Å². The highest BCUT2D eigenvalue weighted by atomic mass is 19.4. The Labute approximate surface area is 203 Å². The van der Waals surface area contributed by atoms with Crippen molar-refractivity contribution in [2.24, 2.45) is 5.41 Å². The van der Waals surface area contributed by atoms with Gasteiger partial charge in [-0.1, -0.05) is 24.6 Å². The van der Waals surface area contributed by atoms with Crippen LogP contribution in [0.1, 0.15) is 19.3 Å². The smallest absolute Gasteiger partial charge is 0.481 e. The van der Waals surface area contributed by atoms with Crippen molar-refractivity contribution < 1.29 is 37.3 Å². The van der Waals surface area contributed by atoms with Crippen LogP contribution in [0.15, 0.2) is 60.9 Å². The van der Waals surface area contributed by atoms with Crippen molar-refractivity contribution in [2.45, 2.75) is 25.6 Å². The Hall–Kier alpha value is -4.35. The molecule has 1 aromatic heterocycles. The van der Waals surface area contributed by atoms with E-state index >= 15 is 0 Å². The molecule has 3 N–H and O–H groups in total. The molecule has 2 aromatic carbocycles. The average molecular weight is 502 g/mol. The van der Waals surface area contributed by atoms with Crippen LogP contribution in [-0.4, -0.2) is 40.0 Å². The van der Waals surface area contributed by atoms with Gasteiger partial charge in [0, 0.05) is 35.4 Å². The number of halogens is 3. The lowest BCUT2D eigenvalue weighted by Crippen LogP contribution is -2.43. The topological polar surface area (TPSA) is 123 Å². The fraction of sp³-hybridized carbons (Fsp3) is 0.250. The molecule has 4 rings (SSSR count). The number of nitrogens with zero attached hydrogens (tertiary/aromatic N) is 2. The maximum absolute atomic E-state index is 12.4. The molecule has 12 heteroatoms. The Bertz CT molecular complexity index is 1230. The number of aromatic nitrogens is 2. The summed E-state index contributed by atoms with van der Waals surface area (Å²) in [5.41, 5.74) is 1.13. The van der Waals surface area contributed by atoms with E-state index in [1.807, 2.05) is 0 Å². The number of aliphatic carboxylic acids is 1. The van der Waals surface area contributed by atoms with Crippen LogP contribution in [0.3, 0.4) is 0 Å². The number of anilines is 2. The van der Waals surface area contributed by atoms with Crippen molar-refractivity contribution in [3.63, 3.8) is 0 Å². The molecule has 0 atom stereocenters. The Morgan fingerprint density at radius 3 is 2.22 bits per heavy atom. The molecule has 1 fully saturated rings. The van der Waals surface area contributed by atoms with Crippen LogP contribution in [0.25, 0.3) is 11.1 Å². The van der Waals surface area contributed by atoms with Crippen molar-refractivity contribution in [2.75, 3.05) is 17.2 Å². The van der Waals surface area contributed by atoms with E-state index in [4.69, 9.17) is 4.74 Å². The standard InChI is InChI=1S/C24H21F3N4O5/c25-24(26,27)36-19-4-1-3-18(11-19)31-21(34)30-17-7-5-15(6-8-17)16-12-28-22(29-13-16)35-14-23(20(32)33)9-2-10-23/h1,3-8,11-13H,2,9-10,14H2,(H,32,33)(H2,30,31,34). The van der Waals surface area contributed by atoms with E-state index in [9.17, 15) is 27.9 Å². The largest absolute Gasteiger partial charge is 0.573 e. The number of carbonyl (C=O) groups is 2. The fourth-order valence-corrected chi connectivity index (χ4v) is 3.58. The molecule has 1 heterocycles. The van der Waals surface area contributed by atoms with Gasteiger partial charge in [-0.15, -0.1) is 13.2 Å². The Morgan fingerprint density at radius 1 is 0.972 bits per heavy atom. The second-order valence-electron chi connectivity index (χ2n) is 8.21. The highest BCUT2D eigenvalue weighted by Gasteiger charge is 2.45. The summed E-state index contributed by atoms with van der Waals surface area (Å²) >= 11 is 0. The molecule has 0 unspecified atom stereocenters. The molecule has 9 nitrogen and oxygen atoms in total. The molecule has 188 valence electrons. The summed E-state index contributed by atoms with van der Waals surface area (Å²) in [4.78, 5) is 31.9. The molecule has 0 aliphatic heterocycles. The first kappa shape index (κ1) is 24.8. The van der Waals surface area contributed by atoms with Gasteiger partial charge in [-0.3, -0.25) is 4.79 Å². The zero-order valence-corrected chi connectivity index (χ0v) is 18.7. The number of carbonyl (C=O) groups excluding carboxylic acids is 1. The van der Waals surface area contributed by atoms with Crippen LogP contribution in [0.5, 0.6) is 11.8 Å². The fourth-order valence-electron chi connectivity index (χ4n) is 3.58. The number of hydrogen-bond acceptors (Lipinski definition) is 6. The van der Waals surface area contributed by atoms with Crippen molar-refractivity contribution in [3.8, 4) is 22.9 Å².